The molecule has 0 unspecified atom stereocenters. The zero-order valence-electron chi connectivity index (χ0n) is 10.9. The van der Waals surface area contributed by atoms with Crippen molar-refractivity contribution in [2.75, 3.05) is 19.0 Å². The number of unbranched alkanes of at least 4 members (excludes halogenated alkanes) is 1. The standard InChI is InChI=1S/C13H19N3O3/c1-19-11-7-5-10(6-8-11)16-12(17)4-2-3-9-15-13(14)18/h5-8H,2-4,9H2,1H3,(H,16,17)(H3,14,15,18). The van der Waals surface area contributed by atoms with Crippen molar-refractivity contribution in [2.24, 2.45) is 5.73 Å². The maximum Gasteiger partial charge on any atom is 0.312 e. The van der Waals surface area contributed by atoms with Gasteiger partial charge in [0.25, 0.3) is 0 Å². The second-order valence-electron chi connectivity index (χ2n) is 4.02. The molecule has 0 aliphatic heterocycles. The normalized spacial score (nSPS) is 9.74. The molecule has 0 saturated carbocycles. The lowest BCUT2D eigenvalue weighted by molar-refractivity contribution is -0.116. The largest absolute Gasteiger partial charge is 0.497 e. The van der Waals surface area contributed by atoms with Crippen molar-refractivity contribution in [1.82, 2.24) is 5.32 Å². The molecule has 0 spiro atoms. The van der Waals surface area contributed by atoms with E-state index in [0.717, 1.165) is 17.9 Å². The molecule has 19 heavy (non-hydrogen) atoms. The minimum Gasteiger partial charge on any atom is -0.497 e. The van der Waals surface area contributed by atoms with E-state index in [-0.39, 0.29) is 5.91 Å². The molecule has 0 heterocycles. The average molecular weight is 265 g/mol. The highest BCUT2D eigenvalue weighted by molar-refractivity contribution is 5.90. The van der Waals surface area contributed by atoms with Gasteiger partial charge in [-0.15, -0.1) is 0 Å². The van der Waals surface area contributed by atoms with Gasteiger partial charge in [0, 0.05) is 18.7 Å². The number of carbonyl (C=O) groups excluding carboxylic acids is 2. The van der Waals surface area contributed by atoms with Crippen LogP contribution in [0.3, 0.4) is 0 Å². The van der Waals surface area contributed by atoms with E-state index in [1.165, 1.54) is 0 Å². The highest BCUT2D eigenvalue weighted by atomic mass is 16.5. The summed E-state index contributed by atoms with van der Waals surface area (Å²) in [6.07, 6.45) is 1.83. The van der Waals surface area contributed by atoms with Crippen LogP contribution in [0.2, 0.25) is 0 Å². The summed E-state index contributed by atoms with van der Waals surface area (Å²) in [5, 5.41) is 5.26. The summed E-state index contributed by atoms with van der Waals surface area (Å²) in [4.78, 5) is 22.0. The van der Waals surface area contributed by atoms with Crippen molar-refractivity contribution in [2.45, 2.75) is 19.3 Å². The number of amides is 3. The molecule has 104 valence electrons. The number of hydrogen-bond donors (Lipinski definition) is 3. The van der Waals surface area contributed by atoms with Crippen molar-refractivity contribution in [3.05, 3.63) is 24.3 Å². The van der Waals surface area contributed by atoms with Crippen LogP contribution in [0, 0.1) is 0 Å². The number of primary amides is 1. The van der Waals surface area contributed by atoms with Crippen LogP contribution < -0.4 is 21.1 Å². The molecule has 0 aliphatic rings. The molecule has 1 rings (SSSR count). The van der Waals surface area contributed by atoms with Crippen LogP contribution in [0.15, 0.2) is 24.3 Å². The first-order valence-electron chi connectivity index (χ1n) is 6.09. The summed E-state index contributed by atoms with van der Waals surface area (Å²) in [5.41, 5.74) is 5.66. The number of ether oxygens (including phenoxy) is 1. The lowest BCUT2D eigenvalue weighted by Gasteiger charge is -2.06. The molecule has 1 aromatic rings. The van der Waals surface area contributed by atoms with Crippen molar-refractivity contribution in [1.29, 1.82) is 0 Å². The fraction of sp³-hybridized carbons (Fsp3) is 0.385. The van der Waals surface area contributed by atoms with E-state index in [1.807, 2.05) is 0 Å². The Labute approximate surface area is 112 Å². The molecular formula is C13H19N3O3. The Morgan fingerprint density at radius 1 is 1.21 bits per heavy atom. The van der Waals surface area contributed by atoms with E-state index in [1.54, 1.807) is 31.4 Å². The number of nitrogens with two attached hydrogens (primary N) is 1. The third-order valence-electron chi connectivity index (χ3n) is 2.50. The van der Waals surface area contributed by atoms with E-state index in [9.17, 15) is 9.59 Å². The van der Waals surface area contributed by atoms with Crippen LogP contribution in [0.5, 0.6) is 5.75 Å². The zero-order valence-corrected chi connectivity index (χ0v) is 10.9. The van der Waals surface area contributed by atoms with E-state index in [4.69, 9.17) is 10.5 Å². The summed E-state index contributed by atoms with van der Waals surface area (Å²) in [6.45, 7) is 0.491. The molecule has 4 N–H and O–H groups in total. The summed E-state index contributed by atoms with van der Waals surface area (Å²) >= 11 is 0. The Morgan fingerprint density at radius 2 is 1.89 bits per heavy atom. The maximum absolute atomic E-state index is 11.6. The number of urea groups is 1. The Bertz CT molecular complexity index is 418. The second kappa shape index (κ2) is 7.97. The number of anilines is 1. The number of rotatable bonds is 7. The Kier molecular flexibility index (Phi) is 6.21. The monoisotopic (exact) mass is 265 g/mol. The van der Waals surface area contributed by atoms with Crippen molar-refractivity contribution < 1.29 is 14.3 Å². The van der Waals surface area contributed by atoms with Gasteiger partial charge in [-0.1, -0.05) is 0 Å². The molecule has 3 amide bonds. The van der Waals surface area contributed by atoms with E-state index in [2.05, 4.69) is 10.6 Å². The third-order valence-corrected chi connectivity index (χ3v) is 2.50. The van der Waals surface area contributed by atoms with Gasteiger partial charge in [-0.25, -0.2) is 4.79 Å². The van der Waals surface area contributed by atoms with Gasteiger partial charge in [0.15, 0.2) is 0 Å². The molecule has 0 atom stereocenters. The van der Waals surface area contributed by atoms with Gasteiger partial charge >= 0.3 is 6.03 Å². The Balaban J connectivity index is 2.21. The number of benzene rings is 1. The first-order valence-corrected chi connectivity index (χ1v) is 6.09. The van der Waals surface area contributed by atoms with Gasteiger partial charge in [-0.3, -0.25) is 4.79 Å². The molecule has 6 heteroatoms. The third kappa shape index (κ3) is 6.30. The van der Waals surface area contributed by atoms with E-state index >= 15 is 0 Å². The molecule has 0 saturated heterocycles. The molecular weight excluding hydrogens is 246 g/mol. The number of methoxy groups -OCH3 is 1. The number of nitrogens with one attached hydrogen (secondary N) is 2. The lowest BCUT2D eigenvalue weighted by atomic mass is 10.2. The van der Waals surface area contributed by atoms with Gasteiger partial charge in [-0.05, 0) is 37.1 Å². The molecule has 0 fully saturated rings. The fourth-order valence-corrected chi connectivity index (χ4v) is 1.52. The highest BCUT2D eigenvalue weighted by Gasteiger charge is 2.02. The van der Waals surface area contributed by atoms with Crippen LogP contribution in [0.25, 0.3) is 0 Å². The SMILES string of the molecule is COc1ccc(NC(=O)CCCCNC(N)=O)cc1. The van der Waals surface area contributed by atoms with Gasteiger partial charge in [0.2, 0.25) is 5.91 Å². The minimum absolute atomic E-state index is 0.0516. The van der Waals surface area contributed by atoms with Gasteiger partial charge in [0.1, 0.15) is 5.75 Å². The zero-order chi connectivity index (χ0) is 14.1. The van der Waals surface area contributed by atoms with Gasteiger partial charge < -0.3 is 21.1 Å². The smallest absolute Gasteiger partial charge is 0.312 e. The molecule has 1 aromatic carbocycles. The predicted octanol–water partition coefficient (Wildman–Crippen LogP) is 1.47. The van der Waals surface area contributed by atoms with Crippen molar-refractivity contribution in [3.63, 3.8) is 0 Å². The Hall–Kier alpha value is -2.24. The van der Waals surface area contributed by atoms with Gasteiger partial charge in [-0.2, -0.15) is 0 Å². The lowest BCUT2D eigenvalue weighted by Crippen LogP contribution is -2.30. The predicted molar refractivity (Wildman–Crippen MR) is 73.1 cm³/mol. The van der Waals surface area contributed by atoms with Crippen molar-refractivity contribution in [3.8, 4) is 5.75 Å². The molecule has 0 radical (unpaired) electrons. The number of hydrogen-bond acceptors (Lipinski definition) is 3. The van der Waals surface area contributed by atoms with Crippen LogP contribution in [0.4, 0.5) is 10.5 Å². The average Bonchev–Trinajstić information content (AvgIpc) is 2.39. The van der Waals surface area contributed by atoms with Gasteiger partial charge in [0.05, 0.1) is 7.11 Å². The summed E-state index contributed by atoms with van der Waals surface area (Å²) in [7, 11) is 1.59. The first-order chi connectivity index (χ1) is 9.11. The van der Waals surface area contributed by atoms with Crippen molar-refractivity contribution >= 4 is 17.6 Å². The first kappa shape index (κ1) is 14.8. The van der Waals surface area contributed by atoms with Crippen LogP contribution in [-0.2, 0) is 4.79 Å². The quantitative estimate of drug-likeness (QED) is 0.652. The van der Waals surface area contributed by atoms with Crippen LogP contribution in [-0.4, -0.2) is 25.6 Å². The summed E-state index contributed by atoms with van der Waals surface area (Å²) in [6, 6.07) is 6.60. The molecule has 0 bridgehead atoms. The highest BCUT2D eigenvalue weighted by Crippen LogP contribution is 2.15. The maximum atomic E-state index is 11.6. The molecule has 0 aliphatic carbocycles. The topological polar surface area (TPSA) is 93.4 Å². The number of carbonyl (C=O) groups is 2. The van der Waals surface area contributed by atoms with E-state index in [0.29, 0.717) is 19.4 Å². The van der Waals surface area contributed by atoms with E-state index < -0.39 is 6.03 Å². The minimum atomic E-state index is -0.539. The van der Waals surface area contributed by atoms with Crippen LogP contribution >= 0.6 is 0 Å². The van der Waals surface area contributed by atoms with Crippen LogP contribution in [0.1, 0.15) is 19.3 Å². The molecule has 6 nitrogen and oxygen atoms in total. The molecule has 0 aromatic heterocycles. The fourth-order valence-electron chi connectivity index (χ4n) is 1.52. The summed E-state index contributed by atoms with van der Waals surface area (Å²) in [5.74, 6) is 0.694. The Morgan fingerprint density at radius 3 is 2.47 bits per heavy atom. The summed E-state index contributed by atoms with van der Waals surface area (Å²) < 4.78 is 5.03. The second-order valence-corrected chi connectivity index (χ2v) is 4.02.